The molecule has 0 bridgehead atoms. The van der Waals surface area contributed by atoms with Crippen molar-refractivity contribution in [2.75, 3.05) is 11.9 Å². The van der Waals surface area contributed by atoms with E-state index in [0.29, 0.717) is 21.4 Å². The number of anilines is 1. The molecule has 0 saturated heterocycles. The standard InChI is InChI=1S/C21H27ClN4O3S/c1-5-14(4)23-18(27)10-17-12-30-21(24-17)25-19(28)11-26(13(2)3)20(29)15-6-8-16(22)9-7-15/h6-9,12-14H,5,10-11H2,1-4H3,(H,23,27)(H,24,25,28). The van der Waals surface area contributed by atoms with Crippen LogP contribution in [0.4, 0.5) is 5.13 Å². The lowest BCUT2D eigenvalue weighted by Gasteiger charge is -2.26. The number of aromatic nitrogens is 1. The average molecular weight is 451 g/mol. The van der Waals surface area contributed by atoms with E-state index in [2.05, 4.69) is 15.6 Å². The van der Waals surface area contributed by atoms with Crippen molar-refractivity contribution in [3.05, 3.63) is 45.9 Å². The number of nitrogens with one attached hydrogen (secondary N) is 2. The first kappa shape index (κ1) is 23.8. The fraction of sp³-hybridized carbons (Fsp3) is 0.429. The second-order valence-electron chi connectivity index (χ2n) is 7.28. The van der Waals surface area contributed by atoms with Gasteiger partial charge in [0.15, 0.2) is 5.13 Å². The SMILES string of the molecule is CCC(C)NC(=O)Cc1csc(NC(=O)CN(C(=O)c2ccc(Cl)cc2)C(C)C)n1. The third-order valence-electron chi connectivity index (χ3n) is 4.45. The van der Waals surface area contributed by atoms with E-state index in [1.165, 1.54) is 16.2 Å². The van der Waals surface area contributed by atoms with Crippen molar-refractivity contribution in [1.29, 1.82) is 0 Å². The molecular weight excluding hydrogens is 424 g/mol. The van der Waals surface area contributed by atoms with Gasteiger partial charge < -0.3 is 15.5 Å². The van der Waals surface area contributed by atoms with Crippen LogP contribution in [0.1, 0.15) is 50.2 Å². The van der Waals surface area contributed by atoms with Crippen LogP contribution in [-0.2, 0) is 16.0 Å². The van der Waals surface area contributed by atoms with E-state index in [4.69, 9.17) is 11.6 Å². The predicted molar refractivity (Wildman–Crippen MR) is 120 cm³/mol. The Balaban J connectivity index is 1.96. The lowest BCUT2D eigenvalue weighted by molar-refractivity contribution is -0.121. The van der Waals surface area contributed by atoms with Crippen molar-refractivity contribution in [1.82, 2.24) is 15.2 Å². The maximum absolute atomic E-state index is 12.8. The molecule has 0 spiro atoms. The highest BCUT2D eigenvalue weighted by Crippen LogP contribution is 2.17. The van der Waals surface area contributed by atoms with Gasteiger partial charge in [0.05, 0.1) is 12.1 Å². The number of carbonyl (C=O) groups excluding carboxylic acids is 3. The molecule has 9 heteroatoms. The van der Waals surface area contributed by atoms with Gasteiger partial charge in [0.2, 0.25) is 11.8 Å². The number of hydrogen-bond donors (Lipinski definition) is 2. The maximum Gasteiger partial charge on any atom is 0.254 e. The van der Waals surface area contributed by atoms with Crippen LogP contribution in [0.3, 0.4) is 0 Å². The summed E-state index contributed by atoms with van der Waals surface area (Å²) in [7, 11) is 0. The molecule has 2 aromatic rings. The van der Waals surface area contributed by atoms with E-state index in [9.17, 15) is 14.4 Å². The van der Waals surface area contributed by atoms with Gasteiger partial charge in [-0.2, -0.15) is 0 Å². The molecular formula is C21H27ClN4O3S. The third kappa shape index (κ3) is 7.11. The van der Waals surface area contributed by atoms with Gasteiger partial charge in [-0.25, -0.2) is 4.98 Å². The van der Waals surface area contributed by atoms with Gasteiger partial charge in [0.25, 0.3) is 5.91 Å². The second kappa shape index (κ2) is 11.1. The maximum atomic E-state index is 12.8. The molecule has 1 heterocycles. The number of nitrogens with zero attached hydrogens (tertiary/aromatic N) is 2. The highest BCUT2D eigenvalue weighted by molar-refractivity contribution is 7.13. The van der Waals surface area contributed by atoms with Crippen LogP contribution in [0.2, 0.25) is 5.02 Å². The lowest BCUT2D eigenvalue weighted by atomic mass is 10.1. The van der Waals surface area contributed by atoms with Crippen molar-refractivity contribution in [3.63, 3.8) is 0 Å². The van der Waals surface area contributed by atoms with Crippen LogP contribution in [0.15, 0.2) is 29.6 Å². The van der Waals surface area contributed by atoms with Gasteiger partial charge in [-0.3, -0.25) is 14.4 Å². The van der Waals surface area contributed by atoms with Gasteiger partial charge >= 0.3 is 0 Å². The minimum atomic E-state index is -0.351. The second-order valence-corrected chi connectivity index (χ2v) is 8.57. The Hall–Kier alpha value is -2.45. The molecule has 0 aliphatic rings. The molecule has 0 radical (unpaired) electrons. The molecule has 2 N–H and O–H groups in total. The molecule has 1 atom stereocenters. The van der Waals surface area contributed by atoms with Gasteiger partial charge in [-0.05, 0) is 51.5 Å². The molecule has 30 heavy (non-hydrogen) atoms. The normalized spacial score (nSPS) is 11.8. The predicted octanol–water partition coefficient (Wildman–Crippen LogP) is 3.74. The van der Waals surface area contributed by atoms with Crippen molar-refractivity contribution in [2.45, 2.75) is 52.6 Å². The molecule has 0 saturated carbocycles. The summed E-state index contributed by atoms with van der Waals surface area (Å²) in [6.07, 6.45) is 1.01. The third-order valence-corrected chi connectivity index (χ3v) is 5.51. The quantitative estimate of drug-likeness (QED) is 0.608. The first-order valence-corrected chi connectivity index (χ1v) is 11.1. The summed E-state index contributed by atoms with van der Waals surface area (Å²) in [6.45, 7) is 7.52. The fourth-order valence-corrected chi connectivity index (χ4v) is 3.45. The Kier molecular flexibility index (Phi) is 8.80. The van der Waals surface area contributed by atoms with Crippen LogP contribution in [0, 0.1) is 0 Å². The molecule has 3 amide bonds. The molecule has 162 valence electrons. The van der Waals surface area contributed by atoms with Crippen LogP contribution >= 0.6 is 22.9 Å². The molecule has 1 unspecified atom stereocenters. The summed E-state index contributed by atoms with van der Waals surface area (Å²) < 4.78 is 0. The van der Waals surface area contributed by atoms with Gasteiger partial charge in [-0.15, -0.1) is 11.3 Å². The molecule has 1 aromatic heterocycles. The molecule has 0 aliphatic heterocycles. The molecule has 2 rings (SSSR count). The highest BCUT2D eigenvalue weighted by Gasteiger charge is 2.22. The van der Waals surface area contributed by atoms with E-state index in [1.807, 2.05) is 27.7 Å². The van der Waals surface area contributed by atoms with Crippen molar-refractivity contribution < 1.29 is 14.4 Å². The fourth-order valence-electron chi connectivity index (χ4n) is 2.60. The monoisotopic (exact) mass is 450 g/mol. The lowest BCUT2D eigenvalue weighted by Crippen LogP contribution is -2.42. The van der Waals surface area contributed by atoms with Crippen molar-refractivity contribution in [2.24, 2.45) is 0 Å². The Morgan fingerprint density at radius 1 is 1.13 bits per heavy atom. The summed E-state index contributed by atoms with van der Waals surface area (Å²) in [5.74, 6) is -0.707. The summed E-state index contributed by atoms with van der Waals surface area (Å²) in [5, 5.41) is 8.27. The van der Waals surface area contributed by atoms with Crippen molar-refractivity contribution >= 4 is 45.8 Å². The van der Waals surface area contributed by atoms with Gasteiger partial charge in [0.1, 0.15) is 6.54 Å². The summed E-state index contributed by atoms with van der Waals surface area (Å²) in [6, 6.07) is 6.49. The largest absolute Gasteiger partial charge is 0.353 e. The number of halogens is 1. The Labute approximate surface area is 185 Å². The van der Waals surface area contributed by atoms with Gasteiger partial charge in [0, 0.05) is 28.0 Å². The number of rotatable bonds is 9. The molecule has 0 fully saturated rings. The summed E-state index contributed by atoms with van der Waals surface area (Å²) in [4.78, 5) is 43.0. The van der Waals surface area contributed by atoms with E-state index in [1.54, 1.807) is 29.6 Å². The van der Waals surface area contributed by atoms with Crippen LogP contribution in [0.25, 0.3) is 0 Å². The average Bonchev–Trinajstić information content (AvgIpc) is 3.12. The Morgan fingerprint density at radius 3 is 2.40 bits per heavy atom. The van der Waals surface area contributed by atoms with E-state index < -0.39 is 0 Å². The summed E-state index contributed by atoms with van der Waals surface area (Å²) in [5.41, 5.74) is 1.05. The Bertz CT molecular complexity index is 883. The number of carbonyl (C=O) groups is 3. The van der Waals surface area contributed by atoms with Crippen LogP contribution < -0.4 is 10.6 Å². The smallest absolute Gasteiger partial charge is 0.254 e. The summed E-state index contributed by atoms with van der Waals surface area (Å²) >= 11 is 7.12. The molecule has 0 aliphatic carbocycles. The van der Waals surface area contributed by atoms with E-state index in [0.717, 1.165) is 6.42 Å². The first-order valence-electron chi connectivity index (χ1n) is 9.79. The minimum Gasteiger partial charge on any atom is -0.353 e. The highest BCUT2D eigenvalue weighted by atomic mass is 35.5. The number of hydrogen-bond acceptors (Lipinski definition) is 5. The zero-order valence-corrected chi connectivity index (χ0v) is 19.1. The first-order chi connectivity index (χ1) is 14.2. The minimum absolute atomic E-state index is 0.105. The van der Waals surface area contributed by atoms with E-state index in [-0.39, 0.29) is 42.8 Å². The zero-order valence-electron chi connectivity index (χ0n) is 17.6. The molecule has 1 aromatic carbocycles. The number of thiazole rings is 1. The van der Waals surface area contributed by atoms with Crippen LogP contribution in [0.5, 0.6) is 0 Å². The molecule has 7 nitrogen and oxygen atoms in total. The van der Waals surface area contributed by atoms with E-state index >= 15 is 0 Å². The van der Waals surface area contributed by atoms with Gasteiger partial charge in [-0.1, -0.05) is 18.5 Å². The zero-order chi connectivity index (χ0) is 22.3. The number of benzene rings is 1. The topological polar surface area (TPSA) is 91.4 Å². The number of amides is 3. The Morgan fingerprint density at radius 2 is 1.80 bits per heavy atom. The van der Waals surface area contributed by atoms with Crippen LogP contribution in [-0.4, -0.2) is 46.2 Å². The van der Waals surface area contributed by atoms with Crippen molar-refractivity contribution in [3.8, 4) is 0 Å².